The van der Waals surface area contributed by atoms with Gasteiger partial charge in [-0.05, 0) is 6.92 Å². The van der Waals surface area contributed by atoms with Crippen LogP contribution in [0.25, 0.3) is 0 Å². The summed E-state index contributed by atoms with van der Waals surface area (Å²) >= 11 is 0. The second-order valence-electron chi connectivity index (χ2n) is 2.94. The molecule has 0 spiro atoms. The number of aromatic nitrogens is 3. The topological polar surface area (TPSA) is 80.8 Å². The molecule has 0 N–H and O–H groups in total. The quantitative estimate of drug-likeness (QED) is 0.653. The first kappa shape index (κ1) is 11.2. The molecule has 1 atom stereocenters. The smallest absolute Gasteiger partial charge is 0.323 e. The minimum Gasteiger partial charge on any atom is -0.465 e. The molecule has 0 saturated carbocycles. The molecule has 0 amide bonds. The Balaban J connectivity index is 2.67. The molecule has 15 heavy (non-hydrogen) atoms. The van der Waals surface area contributed by atoms with Crippen LogP contribution in [-0.4, -0.2) is 27.3 Å². The zero-order valence-corrected chi connectivity index (χ0v) is 8.67. The number of esters is 1. The van der Waals surface area contributed by atoms with Gasteiger partial charge in [-0.25, -0.2) is 4.98 Å². The average Bonchev–Trinajstić information content (AvgIpc) is 2.61. The van der Waals surface area contributed by atoms with E-state index in [0.29, 0.717) is 5.82 Å². The maximum absolute atomic E-state index is 11.3. The average molecular weight is 208 g/mol. The molecule has 1 heterocycles. The van der Waals surface area contributed by atoms with Crippen LogP contribution in [0, 0.1) is 17.2 Å². The van der Waals surface area contributed by atoms with E-state index in [2.05, 4.69) is 10.1 Å². The van der Waals surface area contributed by atoms with E-state index >= 15 is 0 Å². The first-order chi connectivity index (χ1) is 7.19. The largest absolute Gasteiger partial charge is 0.465 e. The number of nitriles is 1. The summed E-state index contributed by atoms with van der Waals surface area (Å²) < 4.78 is 6.30. The highest BCUT2D eigenvalue weighted by molar-refractivity contribution is 5.75. The van der Waals surface area contributed by atoms with Crippen LogP contribution in [-0.2, 0) is 23.0 Å². The Morgan fingerprint density at radius 2 is 2.53 bits per heavy atom. The van der Waals surface area contributed by atoms with Gasteiger partial charge in [-0.3, -0.25) is 9.48 Å². The van der Waals surface area contributed by atoms with Gasteiger partial charge in [0.25, 0.3) is 0 Å². The third-order valence-corrected chi connectivity index (χ3v) is 1.92. The summed E-state index contributed by atoms with van der Waals surface area (Å²) in [4.78, 5) is 15.2. The van der Waals surface area contributed by atoms with Gasteiger partial charge in [-0.2, -0.15) is 10.4 Å². The lowest BCUT2D eigenvalue weighted by atomic mass is 10.1. The fourth-order valence-corrected chi connectivity index (χ4v) is 1.11. The fourth-order valence-electron chi connectivity index (χ4n) is 1.11. The van der Waals surface area contributed by atoms with Gasteiger partial charge in [-0.15, -0.1) is 0 Å². The monoisotopic (exact) mass is 208 g/mol. The normalized spacial score (nSPS) is 11.8. The van der Waals surface area contributed by atoms with E-state index in [9.17, 15) is 4.79 Å². The minimum absolute atomic E-state index is 0.228. The summed E-state index contributed by atoms with van der Waals surface area (Å²) in [5.41, 5.74) is 0. The summed E-state index contributed by atoms with van der Waals surface area (Å²) in [7, 11) is 1.71. The van der Waals surface area contributed by atoms with Crippen LogP contribution in [0.1, 0.15) is 12.7 Å². The summed E-state index contributed by atoms with van der Waals surface area (Å²) in [6.07, 6.45) is 1.61. The highest BCUT2D eigenvalue weighted by Crippen LogP contribution is 2.06. The van der Waals surface area contributed by atoms with Crippen molar-refractivity contribution in [2.75, 3.05) is 6.61 Å². The molecule has 0 aliphatic heterocycles. The number of hydrogen-bond donors (Lipinski definition) is 0. The van der Waals surface area contributed by atoms with Crippen molar-refractivity contribution in [2.45, 2.75) is 13.3 Å². The molecule has 0 saturated heterocycles. The van der Waals surface area contributed by atoms with Crippen molar-refractivity contribution in [3.8, 4) is 6.07 Å². The standard InChI is InChI=1S/C9H12N4O2/c1-3-15-9(14)7(5-10)4-8-11-6-12-13(8)2/h6-7H,3-4H2,1-2H3. The van der Waals surface area contributed by atoms with Gasteiger partial charge in [0.1, 0.15) is 12.2 Å². The first-order valence-corrected chi connectivity index (χ1v) is 4.58. The van der Waals surface area contributed by atoms with Gasteiger partial charge in [0, 0.05) is 13.5 Å². The zero-order chi connectivity index (χ0) is 11.3. The van der Waals surface area contributed by atoms with Crippen molar-refractivity contribution in [3.63, 3.8) is 0 Å². The molecule has 0 aromatic carbocycles. The minimum atomic E-state index is -0.812. The molecule has 80 valence electrons. The molecule has 6 heteroatoms. The molecule has 0 bridgehead atoms. The van der Waals surface area contributed by atoms with Gasteiger partial charge in [-0.1, -0.05) is 0 Å². The van der Waals surface area contributed by atoms with Crippen molar-refractivity contribution in [2.24, 2.45) is 13.0 Å². The highest BCUT2D eigenvalue weighted by atomic mass is 16.5. The molecule has 1 aromatic heterocycles. The van der Waals surface area contributed by atoms with E-state index in [1.807, 2.05) is 6.07 Å². The lowest BCUT2D eigenvalue weighted by Gasteiger charge is -2.07. The Hall–Kier alpha value is -1.90. The number of carbonyl (C=O) groups is 1. The van der Waals surface area contributed by atoms with E-state index in [1.54, 1.807) is 14.0 Å². The Kier molecular flexibility index (Phi) is 3.80. The van der Waals surface area contributed by atoms with Crippen molar-refractivity contribution < 1.29 is 9.53 Å². The number of ether oxygens (including phenoxy) is 1. The Labute approximate surface area is 87.5 Å². The van der Waals surface area contributed by atoms with Crippen LogP contribution >= 0.6 is 0 Å². The van der Waals surface area contributed by atoms with E-state index in [1.165, 1.54) is 11.0 Å². The lowest BCUT2D eigenvalue weighted by Crippen LogP contribution is -2.20. The van der Waals surface area contributed by atoms with Gasteiger partial charge in [0.05, 0.1) is 12.7 Å². The van der Waals surface area contributed by atoms with Crippen LogP contribution in [0.3, 0.4) is 0 Å². The molecule has 1 rings (SSSR count). The molecule has 0 aliphatic rings. The van der Waals surface area contributed by atoms with Crippen molar-refractivity contribution in [3.05, 3.63) is 12.2 Å². The predicted octanol–water partition coefficient (Wildman–Crippen LogP) is 0.0605. The number of nitrogens with zero attached hydrogens (tertiary/aromatic N) is 4. The lowest BCUT2D eigenvalue weighted by molar-refractivity contribution is -0.146. The Morgan fingerprint density at radius 1 is 1.80 bits per heavy atom. The van der Waals surface area contributed by atoms with Crippen LogP contribution in [0.5, 0.6) is 0 Å². The molecular weight excluding hydrogens is 196 g/mol. The van der Waals surface area contributed by atoms with Gasteiger partial charge in [0.2, 0.25) is 0 Å². The summed E-state index contributed by atoms with van der Waals surface area (Å²) in [6, 6.07) is 1.90. The molecule has 0 aliphatic carbocycles. The Morgan fingerprint density at radius 3 is 3.00 bits per heavy atom. The fraction of sp³-hybridized carbons (Fsp3) is 0.556. The molecule has 1 unspecified atom stereocenters. The van der Waals surface area contributed by atoms with Crippen LogP contribution in [0.15, 0.2) is 6.33 Å². The second-order valence-corrected chi connectivity index (χ2v) is 2.94. The van der Waals surface area contributed by atoms with Gasteiger partial charge < -0.3 is 4.74 Å². The highest BCUT2D eigenvalue weighted by Gasteiger charge is 2.21. The van der Waals surface area contributed by atoms with Gasteiger partial charge >= 0.3 is 5.97 Å². The van der Waals surface area contributed by atoms with E-state index < -0.39 is 11.9 Å². The SMILES string of the molecule is CCOC(=O)C(C#N)Cc1ncnn1C. The van der Waals surface area contributed by atoms with Gasteiger partial charge in [0.15, 0.2) is 5.92 Å². The number of hydrogen-bond acceptors (Lipinski definition) is 5. The first-order valence-electron chi connectivity index (χ1n) is 4.58. The van der Waals surface area contributed by atoms with E-state index in [4.69, 9.17) is 10.00 Å². The van der Waals surface area contributed by atoms with Crippen molar-refractivity contribution in [1.29, 1.82) is 5.26 Å². The maximum atomic E-state index is 11.3. The van der Waals surface area contributed by atoms with E-state index in [0.717, 1.165) is 0 Å². The molecule has 1 aromatic rings. The third kappa shape index (κ3) is 2.77. The van der Waals surface area contributed by atoms with Crippen LogP contribution in [0.4, 0.5) is 0 Å². The zero-order valence-electron chi connectivity index (χ0n) is 8.67. The molecule has 0 radical (unpaired) electrons. The van der Waals surface area contributed by atoms with Crippen molar-refractivity contribution in [1.82, 2.24) is 14.8 Å². The number of carbonyl (C=O) groups excluding carboxylic acids is 1. The second kappa shape index (κ2) is 5.10. The van der Waals surface area contributed by atoms with Crippen molar-refractivity contribution >= 4 is 5.97 Å². The predicted molar refractivity (Wildman–Crippen MR) is 50.4 cm³/mol. The summed E-state index contributed by atoms with van der Waals surface area (Å²) in [6.45, 7) is 1.98. The van der Waals surface area contributed by atoms with Crippen LogP contribution in [0.2, 0.25) is 0 Å². The summed E-state index contributed by atoms with van der Waals surface area (Å²) in [5, 5.41) is 12.7. The number of rotatable bonds is 4. The maximum Gasteiger partial charge on any atom is 0.323 e. The van der Waals surface area contributed by atoms with Crippen LogP contribution < -0.4 is 0 Å². The molecule has 0 fully saturated rings. The molecular formula is C9H12N4O2. The third-order valence-electron chi connectivity index (χ3n) is 1.92. The van der Waals surface area contributed by atoms with E-state index in [-0.39, 0.29) is 13.0 Å². The molecule has 6 nitrogen and oxygen atoms in total. The Bertz CT molecular complexity index is 380. The number of aryl methyl sites for hydroxylation is 1. The summed E-state index contributed by atoms with van der Waals surface area (Å²) in [5.74, 6) is -0.731.